The van der Waals surface area contributed by atoms with E-state index in [1.165, 1.54) is 6.20 Å². The van der Waals surface area contributed by atoms with Crippen LogP contribution >= 0.6 is 0 Å². The minimum Gasteiger partial charge on any atom is -0.354 e. The molecule has 1 N–H and O–H groups in total. The third-order valence-corrected chi connectivity index (χ3v) is 6.13. The number of nitrogens with zero attached hydrogens (tertiary/aromatic N) is 2. The predicted molar refractivity (Wildman–Crippen MR) is 82.7 cm³/mol. The summed E-state index contributed by atoms with van der Waals surface area (Å²) in [6, 6.07) is 3.93. The molecule has 1 saturated heterocycles. The van der Waals surface area contributed by atoms with Crippen molar-refractivity contribution < 1.29 is 8.42 Å². The highest BCUT2D eigenvalue weighted by Gasteiger charge is 2.28. The van der Waals surface area contributed by atoms with Crippen LogP contribution in [-0.2, 0) is 10.0 Å². The number of hydrogen-bond donors (Lipinski definition) is 1. The average Bonchev–Trinajstić information content (AvgIpc) is 3.24. The van der Waals surface area contributed by atoms with Crippen LogP contribution in [-0.4, -0.2) is 32.5 Å². The van der Waals surface area contributed by atoms with Crippen molar-refractivity contribution in [2.75, 3.05) is 18.0 Å². The van der Waals surface area contributed by atoms with E-state index in [2.05, 4.69) is 28.5 Å². The first kappa shape index (κ1) is 14.8. The molecule has 1 aliphatic carbocycles. The maximum absolute atomic E-state index is 12.1. The average molecular weight is 309 g/mol. The molecule has 1 aliphatic heterocycles. The second-order valence-electron chi connectivity index (χ2n) is 6.35. The van der Waals surface area contributed by atoms with E-state index in [0.717, 1.165) is 31.6 Å². The number of anilines is 1. The molecule has 2 fully saturated rings. The van der Waals surface area contributed by atoms with Gasteiger partial charge in [-0.25, -0.2) is 18.1 Å². The van der Waals surface area contributed by atoms with E-state index in [-0.39, 0.29) is 4.90 Å². The van der Waals surface area contributed by atoms with Gasteiger partial charge in [0, 0.05) is 25.3 Å². The molecule has 0 spiro atoms. The van der Waals surface area contributed by atoms with E-state index < -0.39 is 10.0 Å². The molecule has 2 unspecified atom stereocenters. The lowest BCUT2D eigenvalue weighted by Gasteiger charge is -2.24. The number of hydrogen-bond acceptors (Lipinski definition) is 4. The van der Waals surface area contributed by atoms with Crippen LogP contribution in [0.15, 0.2) is 23.2 Å². The molecule has 0 radical (unpaired) electrons. The van der Waals surface area contributed by atoms with Crippen LogP contribution in [0, 0.1) is 11.8 Å². The minimum absolute atomic E-state index is 0.256. The third-order valence-electron chi connectivity index (χ3n) is 4.72. The van der Waals surface area contributed by atoms with E-state index >= 15 is 0 Å². The van der Waals surface area contributed by atoms with Gasteiger partial charge in [-0.2, -0.15) is 0 Å². The van der Waals surface area contributed by atoms with Gasteiger partial charge in [0.15, 0.2) is 0 Å². The van der Waals surface area contributed by atoms with E-state index in [1.807, 2.05) is 6.07 Å². The van der Waals surface area contributed by atoms with Gasteiger partial charge in [-0.1, -0.05) is 6.92 Å². The lowest BCUT2D eigenvalue weighted by atomic mass is 10.1. The molecule has 0 bridgehead atoms. The van der Waals surface area contributed by atoms with Gasteiger partial charge in [0.25, 0.3) is 0 Å². The zero-order chi connectivity index (χ0) is 15.0. The summed E-state index contributed by atoms with van der Waals surface area (Å²) in [5.74, 6) is 2.04. The van der Waals surface area contributed by atoms with E-state index in [4.69, 9.17) is 0 Å². The van der Waals surface area contributed by atoms with E-state index in [0.29, 0.717) is 24.4 Å². The Morgan fingerprint density at radius 1 is 1.29 bits per heavy atom. The van der Waals surface area contributed by atoms with Crippen molar-refractivity contribution in [2.45, 2.75) is 44.0 Å². The summed E-state index contributed by atoms with van der Waals surface area (Å²) in [5, 5.41) is 0. The first-order chi connectivity index (χ1) is 9.97. The second-order valence-corrected chi connectivity index (χ2v) is 8.11. The van der Waals surface area contributed by atoms with Crippen molar-refractivity contribution in [1.29, 1.82) is 0 Å². The van der Waals surface area contributed by atoms with Gasteiger partial charge in [-0.3, -0.25) is 0 Å². The number of aromatic nitrogens is 1. The van der Waals surface area contributed by atoms with Crippen molar-refractivity contribution in [3.05, 3.63) is 18.3 Å². The molecule has 2 atom stereocenters. The molecule has 116 valence electrons. The summed E-state index contributed by atoms with van der Waals surface area (Å²) in [6.45, 7) is 5.97. The third kappa shape index (κ3) is 3.21. The summed E-state index contributed by atoms with van der Waals surface area (Å²) in [5.41, 5.74) is 0. The van der Waals surface area contributed by atoms with E-state index in [9.17, 15) is 8.42 Å². The van der Waals surface area contributed by atoms with Gasteiger partial charge in [-0.05, 0) is 50.2 Å². The molecule has 1 aromatic heterocycles. The fourth-order valence-electron chi connectivity index (χ4n) is 2.75. The Balaban J connectivity index is 1.71. The summed E-state index contributed by atoms with van der Waals surface area (Å²) in [7, 11) is -3.41. The van der Waals surface area contributed by atoms with Crippen LogP contribution in [0.5, 0.6) is 0 Å². The standard InChI is InChI=1S/C15H23N3O2S/c1-11-7-8-18(12(11)2)15-6-5-14(10-16-15)21(19,20)17-9-13-3-4-13/h5-6,10-13,17H,3-4,7-9H2,1-2H3. The van der Waals surface area contributed by atoms with Crippen molar-refractivity contribution >= 4 is 15.8 Å². The maximum Gasteiger partial charge on any atom is 0.242 e. The smallest absolute Gasteiger partial charge is 0.242 e. The fraction of sp³-hybridized carbons (Fsp3) is 0.667. The zero-order valence-corrected chi connectivity index (χ0v) is 13.4. The Morgan fingerprint density at radius 2 is 2.05 bits per heavy atom. The van der Waals surface area contributed by atoms with Gasteiger partial charge in [0.05, 0.1) is 0 Å². The maximum atomic E-state index is 12.1. The van der Waals surface area contributed by atoms with Gasteiger partial charge >= 0.3 is 0 Å². The van der Waals surface area contributed by atoms with Crippen LogP contribution in [0.3, 0.4) is 0 Å². The summed E-state index contributed by atoms with van der Waals surface area (Å²) < 4.78 is 27.0. The molecule has 2 heterocycles. The first-order valence-corrected chi connectivity index (χ1v) is 9.18. The van der Waals surface area contributed by atoms with Crippen molar-refractivity contribution in [3.8, 4) is 0 Å². The summed E-state index contributed by atoms with van der Waals surface area (Å²) >= 11 is 0. The largest absolute Gasteiger partial charge is 0.354 e. The molecule has 1 saturated carbocycles. The number of pyridine rings is 1. The van der Waals surface area contributed by atoms with Gasteiger partial charge in [0.1, 0.15) is 10.7 Å². The van der Waals surface area contributed by atoms with Crippen LogP contribution in [0.4, 0.5) is 5.82 Å². The van der Waals surface area contributed by atoms with Gasteiger partial charge < -0.3 is 4.90 Å². The number of sulfonamides is 1. The highest BCUT2D eigenvalue weighted by Crippen LogP contribution is 2.29. The van der Waals surface area contributed by atoms with Gasteiger partial charge in [-0.15, -0.1) is 0 Å². The van der Waals surface area contributed by atoms with Crippen LogP contribution in [0.2, 0.25) is 0 Å². The molecule has 0 amide bonds. The minimum atomic E-state index is -3.41. The first-order valence-electron chi connectivity index (χ1n) is 7.70. The second kappa shape index (κ2) is 5.57. The summed E-state index contributed by atoms with van der Waals surface area (Å²) in [4.78, 5) is 6.87. The lowest BCUT2D eigenvalue weighted by molar-refractivity contribution is 0.544. The fourth-order valence-corrected chi connectivity index (χ4v) is 3.81. The molecule has 3 rings (SSSR count). The Morgan fingerprint density at radius 3 is 2.57 bits per heavy atom. The summed E-state index contributed by atoms with van der Waals surface area (Å²) in [6.07, 6.45) is 4.89. The molecule has 21 heavy (non-hydrogen) atoms. The SMILES string of the molecule is CC1CCN(c2ccc(S(=O)(=O)NCC3CC3)cn2)C1C. The van der Waals surface area contributed by atoms with Crippen molar-refractivity contribution in [2.24, 2.45) is 11.8 Å². The molecular formula is C15H23N3O2S. The van der Waals surface area contributed by atoms with Gasteiger partial charge in [0.2, 0.25) is 10.0 Å². The zero-order valence-electron chi connectivity index (χ0n) is 12.6. The molecular weight excluding hydrogens is 286 g/mol. The normalized spacial score (nSPS) is 26.3. The molecule has 5 nitrogen and oxygen atoms in total. The van der Waals surface area contributed by atoms with Crippen molar-refractivity contribution in [1.82, 2.24) is 9.71 Å². The van der Waals surface area contributed by atoms with Crippen LogP contribution in [0.25, 0.3) is 0 Å². The Hall–Kier alpha value is -1.14. The highest BCUT2D eigenvalue weighted by atomic mass is 32.2. The highest BCUT2D eigenvalue weighted by molar-refractivity contribution is 7.89. The molecule has 6 heteroatoms. The predicted octanol–water partition coefficient (Wildman–Crippen LogP) is 2.00. The molecule has 1 aromatic rings. The van der Waals surface area contributed by atoms with Crippen molar-refractivity contribution in [3.63, 3.8) is 0 Å². The Labute approximate surface area is 126 Å². The monoisotopic (exact) mass is 309 g/mol. The number of rotatable bonds is 5. The Kier molecular flexibility index (Phi) is 3.92. The topological polar surface area (TPSA) is 62.3 Å². The molecule has 0 aromatic carbocycles. The quantitative estimate of drug-likeness (QED) is 0.904. The Bertz CT molecular complexity index is 596. The lowest BCUT2D eigenvalue weighted by Crippen LogP contribution is -2.30. The van der Waals surface area contributed by atoms with Crippen LogP contribution < -0.4 is 9.62 Å². The van der Waals surface area contributed by atoms with E-state index in [1.54, 1.807) is 6.07 Å². The number of nitrogens with one attached hydrogen (secondary N) is 1. The van der Waals surface area contributed by atoms with Crippen LogP contribution in [0.1, 0.15) is 33.1 Å². The molecule has 2 aliphatic rings.